The second-order valence-corrected chi connectivity index (χ2v) is 4.46. The lowest BCUT2D eigenvalue weighted by molar-refractivity contribution is -0.118. The normalized spacial score (nSPS) is 17.9. The lowest BCUT2D eigenvalue weighted by Gasteiger charge is -2.24. The first kappa shape index (κ1) is 11.1. The highest BCUT2D eigenvalue weighted by Crippen LogP contribution is 2.26. The molecule has 2 N–H and O–H groups in total. The molecule has 1 heterocycles. The van der Waals surface area contributed by atoms with Crippen LogP contribution in [0.2, 0.25) is 0 Å². The van der Waals surface area contributed by atoms with Gasteiger partial charge in [0.05, 0.1) is 0 Å². The average Bonchev–Trinajstić information content (AvgIpc) is 2.40. The highest BCUT2D eigenvalue weighted by molar-refractivity contribution is 5.94. The summed E-state index contributed by atoms with van der Waals surface area (Å²) >= 11 is 0. The summed E-state index contributed by atoms with van der Waals surface area (Å²) in [6.07, 6.45) is 2.55. The van der Waals surface area contributed by atoms with Crippen LogP contribution >= 0.6 is 0 Å². The van der Waals surface area contributed by atoms with Crippen LogP contribution in [-0.4, -0.2) is 18.5 Å². The first-order valence-corrected chi connectivity index (χ1v) is 5.82. The standard InChI is InChI=1S/C13H18N2O/c1-10(14)9-15-12-7-3-2-5-11(12)6-4-8-13(15)16/h2-3,5,7,10H,4,6,8-9,14H2,1H3. The fourth-order valence-corrected chi connectivity index (χ4v) is 2.17. The van der Waals surface area contributed by atoms with Crippen molar-refractivity contribution in [1.29, 1.82) is 0 Å². The number of amides is 1. The zero-order valence-corrected chi connectivity index (χ0v) is 9.65. The van der Waals surface area contributed by atoms with E-state index >= 15 is 0 Å². The summed E-state index contributed by atoms with van der Waals surface area (Å²) in [6.45, 7) is 2.54. The van der Waals surface area contributed by atoms with Crippen LogP contribution in [0.3, 0.4) is 0 Å². The third-order valence-electron chi connectivity index (χ3n) is 2.89. The minimum Gasteiger partial charge on any atom is -0.326 e. The number of nitrogens with zero attached hydrogens (tertiary/aromatic N) is 1. The lowest BCUT2D eigenvalue weighted by atomic mass is 10.1. The van der Waals surface area contributed by atoms with Crippen LogP contribution in [0.15, 0.2) is 24.3 Å². The Kier molecular flexibility index (Phi) is 3.25. The Hall–Kier alpha value is -1.35. The second-order valence-electron chi connectivity index (χ2n) is 4.46. The van der Waals surface area contributed by atoms with Crippen molar-refractivity contribution in [2.24, 2.45) is 5.73 Å². The van der Waals surface area contributed by atoms with E-state index in [2.05, 4.69) is 6.07 Å². The molecule has 1 aromatic rings. The smallest absolute Gasteiger partial charge is 0.227 e. The first-order chi connectivity index (χ1) is 7.68. The number of carbonyl (C=O) groups is 1. The van der Waals surface area contributed by atoms with Crippen molar-refractivity contribution in [1.82, 2.24) is 0 Å². The van der Waals surface area contributed by atoms with Crippen molar-refractivity contribution < 1.29 is 4.79 Å². The number of hydrogen-bond donors (Lipinski definition) is 1. The van der Waals surface area contributed by atoms with E-state index in [-0.39, 0.29) is 11.9 Å². The van der Waals surface area contributed by atoms with Crippen LogP contribution in [0.4, 0.5) is 5.69 Å². The minimum atomic E-state index is 0.00936. The van der Waals surface area contributed by atoms with Gasteiger partial charge in [0.1, 0.15) is 0 Å². The highest BCUT2D eigenvalue weighted by Gasteiger charge is 2.22. The molecule has 0 aliphatic carbocycles. The fourth-order valence-electron chi connectivity index (χ4n) is 2.17. The number of hydrogen-bond acceptors (Lipinski definition) is 2. The first-order valence-electron chi connectivity index (χ1n) is 5.82. The molecule has 1 unspecified atom stereocenters. The molecule has 0 radical (unpaired) electrons. The molecule has 1 aromatic carbocycles. The molecule has 1 atom stereocenters. The van der Waals surface area contributed by atoms with Crippen LogP contribution in [0.25, 0.3) is 0 Å². The summed E-state index contributed by atoms with van der Waals surface area (Å²) in [5, 5.41) is 0. The SMILES string of the molecule is CC(N)CN1C(=O)CCCc2ccccc21. The third-order valence-corrected chi connectivity index (χ3v) is 2.89. The Bertz CT molecular complexity index is 387. The van der Waals surface area contributed by atoms with E-state index in [1.807, 2.05) is 30.0 Å². The molecule has 0 saturated heterocycles. The van der Waals surface area contributed by atoms with Crippen LogP contribution < -0.4 is 10.6 Å². The van der Waals surface area contributed by atoms with Crippen molar-refractivity contribution in [2.45, 2.75) is 32.2 Å². The molecule has 0 saturated carbocycles. The molecule has 86 valence electrons. The van der Waals surface area contributed by atoms with Gasteiger partial charge < -0.3 is 10.6 Å². The van der Waals surface area contributed by atoms with Gasteiger partial charge in [0.15, 0.2) is 0 Å². The summed E-state index contributed by atoms with van der Waals surface area (Å²) in [6, 6.07) is 8.13. The second kappa shape index (κ2) is 4.66. The quantitative estimate of drug-likeness (QED) is 0.821. The fraction of sp³-hybridized carbons (Fsp3) is 0.462. The monoisotopic (exact) mass is 218 g/mol. The maximum atomic E-state index is 12.0. The molecule has 1 aliphatic rings. The summed E-state index contributed by atoms with van der Waals surface area (Å²) < 4.78 is 0. The number of para-hydroxylation sites is 1. The van der Waals surface area contributed by atoms with E-state index in [9.17, 15) is 4.79 Å². The van der Waals surface area contributed by atoms with Crippen molar-refractivity contribution in [3.63, 3.8) is 0 Å². The Labute approximate surface area is 96.2 Å². The minimum absolute atomic E-state index is 0.00936. The van der Waals surface area contributed by atoms with Crippen molar-refractivity contribution in [2.75, 3.05) is 11.4 Å². The van der Waals surface area contributed by atoms with Crippen molar-refractivity contribution in [3.8, 4) is 0 Å². The van der Waals surface area contributed by atoms with Gasteiger partial charge in [-0.15, -0.1) is 0 Å². The summed E-state index contributed by atoms with van der Waals surface area (Å²) in [7, 11) is 0. The van der Waals surface area contributed by atoms with Gasteiger partial charge in [-0.3, -0.25) is 4.79 Å². The van der Waals surface area contributed by atoms with E-state index < -0.39 is 0 Å². The molecule has 1 amide bonds. The Morgan fingerprint density at radius 3 is 2.88 bits per heavy atom. The zero-order chi connectivity index (χ0) is 11.5. The Morgan fingerprint density at radius 1 is 1.38 bits per heavy atom. The maximum Gasteiger partial charge on any atom is 0.227 e. The number of carbonyl (C=O) groups excluding carboxylic acids is 1. The number of nitrogens with two attached hydrogens (primary N) is 1. The Morgan fingerprint density at radius 2 is 2.12 bits per heavy atom. The van der Waals surface area contributed by atoms with Crippen molar-refractivity contribution >= 4 is 11.6 Å². The molecule has 16 heavy (non-hydrogen) atoms. The van der Waals surface area contributed by atoms with Crippen molar-refractivity contribution in [3.05, 3.63) is 29.8 Å². The highest BCUT2D eigenvalue weighted by atomic mass is 16.2. The van der Waals surface area contributed by atoms with E-state index in [1.54, 1.807) is 0 Å². The molecule has 0 bridgehead atoms. The van der Waals surface area contributed by atoms with Gasteiger partial charge in [-0.2, -0.15) is 0 Å². The van der Waals surface area contributed by atoms with Crippen LogP contribution in [0.1, 0.15) is 25.3 Å². The number of benzene rings is 1. The van der Waals surface area contributed by atoms with Gasteiger partial charge in [-0.1, -0.05) is 18.2 Å². The topological polar surface area (TPSA) is 46.3 Å². The van der Waals surface area contributed by atoms with Gasteiger partial charge in [0, 0.05) is 24.7 Å². The predicted octanol–water partition coefficient (Wildman–Crippen LogP) is 1.70. The van der Waals surface area contributed by atoms with Gasteiger partial charge >= 0.3 is 0 Å². The molecular weight excluding hydrogens is 200 g/mol. The molecule has 2 rings (SSSR count). The lowest BCUT2D eigenvalue weighted by Crippen LogP contribution is -2.39. The van der Waals surface area contributed by atoms with E-state index in [0.29, 0.717) is 13.0 Å². The number of anilines is 1. The predicted molar refractivity (Wildman–Crippen MR) is 65.4 cm³/mol. The summed E-state index contributed by atoms with van der Waals surface area (Å²) in [4.78, 5) is 13.8. The zero-order valence-electron chi connectivity index (χ0n) is 9.65. The number of rotatable bonds is 2. The summed E-state index contributed by atoms with van der Waals surface area (Å²) in [5.74, 6) is 0.197. The molecule has 3 nitrogen and oxygen atoms in total. The number of fused-ring (bicyclic) bond motifs is 1. The van der Waals surface area contributed by atoms with Gasteiger partial charge in [-0.05, 0) is 31.4 Å². The molecule has 0 fully saturated rings. The van der Waals surface area contributed by atoms with E-state index in [1.165, 1.54) is 5.56 Å². The summed E-state index contributed by atoms with van der Waals surface area (Å²) in [5.41, 5.74) is 8.10. The molecular formula is C13H18N2O. The van der Waals surface area contributed by atoms with Crippen LogP contribution in [0.5, 0.6) is 0 Å². The molecule has 3 heteroatoms. The molecule has 0 aromatic heterocycles. The largest absolute Gasteiger partial charge is 0.326 e. The molecule has 1 aliphatic heterocycles. The van der Waals surface area contributed by atoms with E-state index in [0.717, 1.165) is 18.5 Å². The van der Waals surface area contributed by atoms with Gasteiger partial charge in [0.25, 0.3) is 0 Å². The Balaban J connectivity index is 2.36. The number of aryl methyl sites for hydroxylation is 1. The van der Waals surface area contributed by atoms with E-state index in [4.69, 9.17) is 5.73 Å². The van der Waals surface area contributed by atoms with Gasteiger partial charge in [0.2, 0.25) is 5.91 Å². The average molecular weight is 218 g/mol. The van der Waals surface area contributed by atoms with Gasteiger partial charge in [-0.25, -0.2) is 0 Å². The third kappa shape index (κ3) is 2.25. The van der Waals surface area contributed by atoms with Crippen LogP contribution in [0, 0.1) is 0 Å². The molecule has 0 spiro atoms. The maximum absolute atomic E-state index is 12.0. The van der Waals surface area contributed by atoms with Crippen LogP contribution in [-0.2, 0) is 11.2 Å².